The number of alkyl halides is 3. The minimum Gasteiger partial charge on any atom is -0.258 e. The number of aromatic nitrogens is 2. The molecule has 0 amide bonds. The van der Waals surface area contributed by atoms with Crippen LogP contribution in [0, 0.1) is 10.1 Å². The highest BCUT2D eigenvalue weighted by Crippen LogP contribution is 2.36. The van der Waals surface area contributed by atoms with Gasteiger partial charge in [-0.05, 0) is 0 Å². The summed E-state index contributed by atoms with van der Waals surface area (Å²) in [6.07, 6.45) is -3.61. The molecule has 0 bridgehead atoms. The van der Waals surface area contributed by atoms with Crippen molar-refractivity contribution < 1.29 is 18.1 Å². The molecule has 5 nitrogen and oxygen atoms in total. The van der Waals surface area contributed by atoms with Gasteiger partial charge in [-0.15, -0.1) is 11.3 Å². The molecule has 2 rings (SSSR count). The SMILES string of the molecule is O=[N+]([O-])c1cc(Cl)nc(-c2cnc(C(F)(F)F)s2)c1. The maximum atomic E-state index is 12.4. The van der Waals surface area contributed by atoms with Crippen LogP contribution in [0.15, 0.2) is 18.3 Å². The molecular weight excluding hydrogens is 307 g/mol. The lowest BCUT2D eigenvalue weighted by Crippen LogP contribution is -2.02. The number of thiazole rings is 1. The third-order valence-corrected chi connectivity index (χ3v) is 3.25. The van der Waals surface area contributed by atoms with Crippen molar-refractivity contribution in [1.82, 2.24) is 9.97 Å². The van der Waals surface area contributed by atoms with Crippen LogP contribution in [-0.2, 0) is 6.18 Å². The normalized spacial score (nSPS) is 11.6. The van der Waals surface area contributed by atoms with Gasteiger partial charge >= 0.3 is 6.18 Å². The maximum Gasteiger partial charge on any atom is 0.443 e. The van der Waals surface area contributed by atoms with Crippen LogP contribution in [0.25, 0.3) is 10.6 Å². The van der Waals surface area contributed by atoms with Crippen molar-refractivity contribution in [3.8, 4) is 10.6 Å². The topological polar surface area (TPSA) is 68.9 Å². The zero-order valence-corrected chi connectivity index (χ0v) is 10.4. The first kappa shape index (κ1) is 13.7. The van der Waals surface area contributed by atoms with E-state index < -0.39 is 16.1 Å². The number of nitro groups is 1. The van der Waals surface area contributed by atoms with Crippen LogP contribution in [0.1, 0.15) is 5.01 Å². The lowest BCUT2D eigenvalue weighted by Gasteiger charge is -2.00. The van der Waals surface area contributed by atoms with E-state index in [0.717, 1.165) is 18.3 Å². The highest BCUT2D eigenvalue weighted by atomic mass is 35.5. The molecule has 2 aromatic rings. The molecule has 0 aliphatic carbocycles. The highest BCUT2D eigenvalue weighted by molar-refractivity contribution is 7.15. The first-order valence-corrected chi connectivity index (χ1v) is 5.82. The number of halogens is 4. The van der Waals surface area contributed by atoms with E-state index in [0.29, 0.717) is 11.3 Å². The molecule has 0 aliphatic heterocycles. The molecule has 0 saturated carbocycles. The standard InChI is InChI=1S/C9H3ClF3N3O2S/c10-7-2-4(16(17)18)1-5(15-7)6-3-14-8(19-6)9(11,12)13/h1-3H. The summed E-state index contributed by atoms with van der Waals surface area (Å²) < 4.78 is 37.2. The van der Waals surface area contributed by atoms with Gasteiger partial charge in [-0.3, -0.25) is 10.1 Å². The summed E-state index contributed by atoms with van der Waals surface area (Å²) >= 11 is 5.93. The summed E-state index contributed by atoms with van der Waals surface area (Å²) in [5, 5.41) is 9.40. The molecule has 0 spiro atoms. The van der Waals surface area contributed by atoms with Gasteiger partial charge in [-0.25, -0.2) is 9.97 Å². The van der Waals surface area contributed by atoms with E-state index in [1.54, 1.807) is 0 Å². The Labute approximate surface area is 112 Å². The van der Waals surface area contributed by atoms with Crippen LogP contribution in [0.3, 0.4) is 0 Å². The lowest BCUT2D eigenvalue weighted by atomic mass is 10.3. The van der Waals surface area contributed by atoms with Crippen molar-refractivity contribution in [1.29, 1.82) is 0 Å². The van der Waals surface area contributed by atoms with Gasteiger partial charge in [0.15, 0.2) is 5.01 Å². The van der Waals surface area contributed by atoms with Gasteiger partial charge in [-0.2, -0.15) is 13.2 Å². The first-order valence-electron chi connectivity index (χ1n) is 4.63. The van der Waals surface area contributed by atoms with Crippen LogP contribution in [0.4, 0.5) is 18.9 Å². The summed E-state index contributed by atoms with van der Waals surface area (Å²) in [7, 11) is 0. The second-order valence-corrected chi connectivity index (χ2v) is 4.74. The lowest BCUT2D eigenvalue weighted by molar-refractivity contribution is -0.384. The molecular formula is C9H3ClF3N3O2S. The highest BCUT2D eigenvalue weighted by Gasteiger charge is 2.34. The summed E-state index contributed by atoms with van der Waals surface area (Å²) in [5.41, 5.74) is -0.371. The van der Waals surface area contributed by atoms with Crippen LogP contribution in [0.2, 0.25) is 5.15 Å². The largest absolute Gasteiger partial charge is 0.443 e. The molecule has 0 N–H and O–H groups in total. The van der Waals surface area contributed by atoms with Gasteiger partial charge in [0.2, 0.25) is 0 Å². The second kappa shape index (κ2) is 4.74. The van der Waals surface area contributed by atoms with E-state index in [1.807, 2.05) is 0 Å². The predicted molar refractivity (Wildman–Crippen MR) is 62.0 cm³/mol. The molecule has 10 heteroatoms. The molecule has 2 heterocycles. The van der Waals surface area contributed by atoms with Gasteiger partial charge < -0.3 is 0 Å². The molecule has 2 aromatic heterocycles. The number of pyridine rings is 1. The monoisotopic (exact) mass is 309 g/mol. The Kier molecular flexibility index (Phi) is 3.42. The Morgan fingerprint density at radius 1 is 1.37 bits per heavy atom. The van der Waals surface area contributed by atoms with E-state index >= 15 is 0 Å². The molecule has 0 atom stereocenters. The van der Waals surface area contributed by atoms with Crippen molar-refractivity contribution >= 4 is 28.6 Å². The van der Waals surface area contributed by atoms with E-state index in [9.17, 15) is 23.3 Å². The summed E-state index contributed by atoms with van der Waals surface area (Å²) in [4.78, 5) is 16.9. The first-order chi connectivity index (χ1) is 8.77. The van der Waals surface area contributed by atoms with Gasteiger partial charge in [0, 0.05) is 12.3 Å². The van der Waals surface area contributed by atoms with Gasteiger partial charge in [0.05, 0.1) is 21.6 Å². The number of rotatable bonds is 2. The molecule has 0 unspecified atom stereocenters. The number of hydrogen-bond acceptors (Lipinski definition) is 5. The fourth-order valence-electron chi connectivity index (χ4n) is 1.24. The van der Waals surface area contributed by atoms with Crippen LogP contribution in [0.5, 0.6) is 0 Å². The van der Waals surface area contributed by atoms with Gasteiger partial charge in [-0.1, -0.05) is 11.6 Å². The second-order valence-electron chi connectivity index (χ2n) is 3.32. The molecule has 0 radical (unpaired) electrons. The van der Waals surface area contributed by atoms with Crippen LogP contribution < -0.4 is 0 Å². The van der Waals surface area contributed by atoms with Crippen molar-refractivity contribution in [3.63, 3.8) is 0 Å². The smallest absolute Gasteiger partial charge is 0.258 e. The fourth-order valence-corrected chi connectivity index (χ4v) is 2.19. The van der Waals surface area contributed by atoms with E-state index in [2.05, 4.69) is 9.97 Å². The van der Waals surface area contributed by atoms with Crippen LogP contribution >= 0.6 is 22.9 Å². The Hall–Kier alpha value is -1.74. The predicted octanol–water partition coefficient (Wildman–Crippen LogP) is 3.79. The van der Waals surface area contributed by atoms with E-state index in [-0.39, 0.29) is 21.4 Å². The Morgan fingerprint density at radius 2 is 2.05 bits per heavy atom. The minimum atomic E-state index is -4.56. The van der Waals surface area contributed by atoms with E-state index in [1.165, 1.54) is 0 Å². The van der Waals surface area contributed by atoms with Gasteiger partial charge in [0.25, 0.3) is 5.69 Å². The zero-order valence-electron chi connectivity index (χ0n) is 8.81. The summed E-state index contributed by atoms with van der Waals surface area (Å²) in [6, 6.07) is 2.05. The third kappa shape index (κ3) is 2.99. The Balaban J connectivity index is 2.47. The average Bonchev–Trinajstić information content (AvgIpc) is 2.76. The van der Waals surface area contributed by atoms with Crippen molar-refractivity contribution in [2.75, 3.05) is 0 Å². The van der Waals surface area contributed by atoms with Crippen molar-refractivity contribution in [3.05, 3.63) is 38.6 Å². The summed E-state index contributed by atoms with van der Waals surface area (Å²) in [5.74, 6) is 0. The molecule has 19 heavy (non-hydrogen) atoms. The molecule has 0 aliphatic rings. The Bertz CT molecular complexity index is 644. The summed E-state index contributed by atoms with van der Waals surface area (Å²) in [6.45, 7) is 0. The van der Waals surface area contributed by atoms with Crippen LogP contribution in [-0.4, -0.2) is 14.9 Å². The maximum absolute atomic E-state index is 12.4. The average molecular weight is 310 g/mol. The molecule has 0 aromatic carbocycles. The van der Waals surface area contributed by atoms with Crippen molar-refractivity contribution in [2.45, 2.75) is 6.18 Å². The third-order valence-electron chi connectivity index (χ3n) is 1.99. The molecule has 0 fully saturated rings. The van der Waals surface area contributed by atoms with Crippen molar-refractivity contribution in [2.24, 2.45) is 0 Å². The number of nitrogens with zero attached hydrogens (tertiary/aromatic N) is 3. The molecule has 100 valence electrons. The van der Waals surface area contributed by atoms with Gasteiger partial charge in [0.1, 0.15) is 5.15 Å². The van der Waals surface area contributed by atoms with E-state index in [4.69, 9.17) is 11.6 Å². The molecule has 0 saturated heterocycles. The minimum absolute atomic E-state index is 0.0211. The fraction of sp³-hybridized carbons (Fsp3) is 0.111. The Morgan fingerprint density at radius 3 is 2.58 bits per heavy atom. The quantitative estimate of drug-likeness (QED) is 0.481. The zero-order chi connectivity index (χ0) is 14.2. The number of hydrogen-bond donors (Lipinski definition) is 0.